The number of amides is 2. The topological polar surface area (TPSA) is 95.9 Å². The molecule has 182 valence electrons. The summed E-state index contributed by atoms with van der Waals surface area (Å²) >= 11 is 1.40. The minimum Gasteiger partial charge on any atom is -0.480 e. The van der Waals surface area contributed by atoms with Gasteiger partial charge >= 0.3 is 12.1 Å². The maximum absolute atomic E-state index is 13.3. The van der Waals surface area contributed by atoms with E-state index in [4.69, 9.17) is 4.74 Å². The number of aliphatic carboxylic acids is 1. The molecule has 6 rings (SSSR count). The van der Waals surface area contributed by atoms with E-state index >= 15 is 0 Å². The fraction of sp³-hybridized carbons (Fsp3) is 0.444. The summed E-state index contributed by atoms with van der Waals surface area (Å²) in [7, 11) is 0. The van der Waals surface area contributed by atoms with Crippen LogP contribution < -0.4 is 5.32 Å². The van der Waals surface area contributed by atoms with Crippen molar-refractivity contribution in [3.8, 4) is 11.1 Å². The number of carbonyl (C=O) groups excluding carboxylic acids is 2. The molecule has 0 bridgehead atoms. The van der Waals surface area contributed by atoms with E-state index in [0.717, 1.165) is 12.8 Å². The molecule has 1 saturated heterocycles. The zero-order valence-corrected chi connectivity index (χ0v) is 20.1. The number of fused-ring (bicyclic) bond motifs is 4. The lowest BCUT2D eigenvalue weighted by Gasteiger charge is -2.33. The maximum Gasteiger partial charge on any atom is 0.407 e. The number of nitrogens with one attached hydrogen (secondary N) is 1. The van der Waals surface area contributed by atoms with E-state index in [-0.39, 0.29) is 36.9 Å². The van der Waals surface area contributed by atoms with Gasteiger partial charge in [-0.15, -0.1) is 11.8 Å². The highest BCUT2D eigenvalue weighted by Crippen LogP contribution is 2.64. The maximum atomic E-state index is 13.3. The van der Waals surface area contributed by atoms with Gasteiger partial charge in [-0.1, -0.05) is 48.5 Å². The molecule has 4 aliphatic rings. The number of thioether (sulfide) groups is 1. The molecule has 3 fully saturated rings. The van der Waals surface area contributed by atoms with Crippen LogP contribution >= 0.6 is 11.8 Å². The molecule has 0 aromatic heterocycles. The second kappa shape index (κ2) is 8.59. The minimum absolute atomic E-state index is 0.0113. The lowest BCUT2D eigenvalue weighted by Crippen LogP contribution is -2.48. The summed E-state index contributed by atoms with van der Waals surface area (Å²) in [5.74, 6) is 0.110. The molecule has 8 heteroatoms. The highest BCUT2D eigenvalue weighted by Gasteiger charge is 2.66. The Kier molecular flexibility index (Phi) is 5.51. The van der Waals surface area contributed by atoms with E-state index in [2.05, 4.69) is 29.6 Å². The second-order valence-electron chi connectivity index (χ2n) is 10.1. The molecule has 2 saturated carbocycles. The SMILES string of the molecule is O=C(N[C@@H]1C[C@H]2C[C@@]2(C(=O)N2CCSC(C(=O)O)C2)C1)OCC1c2ccccc2-c2ccccc21. The second-order valence-corrected chi connectivity index (χ2v) is 11.4. The Hall–Kier alpha value is -3.00. The van der Waals surface area contributed by atoms with Gasteiger partial charge in [0.05, 0.1) is 5.41 Å². The van der Waals surface area contributed by atoms with E-state index in [9.17, 15) is 19.5 Å². The zero-order valence-electron chi connectivity index (χ0n) is 19.3. The molecule has 2 amide bonds. The number of hydrogen-bond donors (Lipinski definition) is 2. The third kappa shape index (κ3) is 3.88. The Bertz CT molecular complexity index is 1160. The molecule has 1 unspecified atom stereocenters. The summed E-state index contributed by atoms with van der Waals surface area (Å²) in [6, 6.07) is 16.4. The number of carboxylic acids is 1. The summed E-state index contributed by atoms with van der Waals surface area (Å²) in [5.41, 5.74) is 4.29. The fourth-order valence-electron chi connectivity index (χ4n) is 6.37. The third-order valence-electron chi connectivity index (χ3n) is 8.13. The Labute approximate surface area is 208 Å². The molecule has 0 spiro atoms. The van der Waals surface area contributed by atoms with E-state index < -0.39 is 22.7 Å². The van der Waals surface area contributed by atoms with Crippen LogP contribution in [0.2, 0.25) is 0 Å². The van der Waals surface area contributed by atoms with Crippen molar-refractivity contribution in [1.82, 2.24) is 10.2 Å². The lowest BCUT2D eigenvalue weighted by atomic mass is 9.98. The van der Waals surface area contributed by atoms with Crippen LogP contribution in [0.25, 0.3) is 11.1 Å². The first-order chi connectivity index (χ1) is 17.0. The normalized spacial score (nSPS) is 28.6. The number of hydrogen-bond acceptors (Lipinski definition) is 5. The highest BCUT2D eigenvalue weighted by molar-refractivity contribution is 8.00. The van der Waals surface area contributed by atoms with Gasteiger partial charge in [0.2, 0.25) is 5.91 Å². The first kappa shape index (κ1) is 22.5. The number of alkyl carbamates (subject to hydrolysis) is 1. The average Bonchev–Trinajstić information content (AvgIpc) is 3.30. The Balaban J connectivity index is 1.06. The molecule has 35 heavy (non-hydrogen) atoms. The average molecular weight is 493 g/mol. The van der Waals surface area contributed by atoms with Crippen molar-refractivity contribution < 1.29 is 24.2 Å². The van der Waals surface area contributed by atoms with Crippen molar-refractivity contribution in [2.75, 3.05) is 25.4 Å². The fourth-order valence-corrected chi connectivity index (χ4v) is 7.41. The van der Waals surface area contributed by atoms with Crippen LogP contribution in [0.3, 0.4) is 0 Å². The number of ether oxygens (including phenoxy) is 1. The number of carboxylic acid groups (broad SMARTS) is 1. The van der Waals surface area contributed by atoms with Crippen molar-refractivity contribution in [2.24, 2.45) is 11.3 Å². The quantitative estimate of drug-likeness (QED) is 0.661. The molecule has 2 aromatic rings. The molecule has 1 aliphatic heterocycles. The standard InChI is InChI=1S/C27H28N2O5S/c30-24(31)23-14-29(9-10-35-23)25(32)27-12-16(27)11-17(13-27)28-26(33)34-15-22-20-7-3-1-5-18(20)19-6-2-4-8-21(19)22/h1-8,16-17,22-23H,9-15H2,(H,28,33)(H,30,31)/t16-,17+,23?,27+/m0/s1. The molecule has 4 atom stereocenters. The predicted octanol–water partition coefficient (Wildman–Crippen LogP) is 3.72. The zero-order chi connectivity index (χ0) is 24.2. The number of nitrogens with zero attached hydrogens (tertiary/aromatic N) is 1. The Morgan fingerprint density at radius 2 is 1.74 bits per heavy atom. The van der Waals surface area contributed by atoms with Crippen LogP contribution in [0.15, 0.2) is 48.5 Å². The van der Waals surface area contributed by atoms with Crippen LogP contribution in [0.4, 0.5) is 4.79 Å². The van der Waals surface area contributed by atoms with E-state index in [1.54, 1.807) is 4.90 Å². The third-order valence-corrected chi connectivity index (χ3v) is 9.30. The number of benzene rings is 2. The summed E-state index contributed by atoms with van der Waals surface area (Å²) in [6.07, 6.45) is 1.75. The van der Waals surface area contributed by atoms with Crippen LogP contribution in [-0.2, 0) is 14.3 Å². The van der Waals surface area contributed by atoms with Crippen LogP contribution in [-0.4, -0.2) is 64.7 Å². The van der Waals surface area contributed by atoms with Crippen molar-refractivity contribution in [3.05, 3.63) is 59.7 Å². The molecule has 1 heterocycles. The van der Waals surface area contributed by atoms with Crippen molar-refractivity contribution in [2.45, 2.75) is 36.5 Å². The van der Waals surface area contributed by atoms with E-state index in [0.29, 0.717) is 18.7 Å². The largest absolute Gasteiger partial charge is 0.480 e. The van der Waals surface area contributed by atoms with Crippen LogP contribution in [0, 0.1) is 11.3 Å². The van der Waals surface area contributed by atoms with Crippen molar-refractivity contribution in [3.63, 3.8) is 0 Å². The number of carbonyl (C=O) groups is 3. The smallest absolute Gasteiger partial charge is 0.407 e. The van der Waals surface area contributed by atoms with Gasteiger partial charge < -0.3 is 20.1 Å². The van der Waals surface area contributed by atoms with Gasteiger partial charge in [0.25, 0.3) is 0 Å². The van der Waals surface area contributed by atoms with Crippen molar-refractivity contribution >= 4 is 29.7 Å². The first-order valence-corrected chi connectivity index (χ1v) is 13.3. The summed E-state index contributed by atoms with van der Waals surface area (Å²) in [6.45, 7) is 1.12. The van der Waals surface area contributed by atoms with Gasteiger partial charge in [0.15, 0.2) is 0 Å². The van der Waals surface area contributed by atoms with Gasteiger partial charge in [-0.3, -0.25) is 9.59 Å². The summed E-state index contributed by atoms with van der Waals surface area (Å²) in [5, 5.41) is 11.8. The van der Waals surface area contributed by atoms with Gasteiger partial charge in [-0.05, 0) is 47.4 Å². The Morgan fingerprint density at radius 1 is 1.06 bits per heavy atom. The van der Waals surface area contributed by atoms with Crippen LogP contribution in [0.5, 0.6) is 0 Å². The summed E-state index contributed by atoms with van der Waals surface area (Å²) < 4.78 is 5.69. The predicted molar refractivity (Wildman–Crippen MR) is 132 cm³/mol. The van der Waals surface area contributed by atoms with Gasteiger partial charge in [-0.25, -0.2) is 4.79 Å². The highest BCUT2D eigenvalue weighted by atomic mass is 32.2. The molecule has 0 radical (unpaired) electrons. The van der Waals surface area contributed by atoms with E-state index in [1.165, 1.54) is 34.0 Å². The molecule has 2 N–H and O–H groups in total. The summed E-state index contributed by atoms with van der Waals surface area (Å²) in [4.78, 5) is 39.1. The number of rotatable bonds is 5. The molecular weight excluding hydrogens is 464 g/mol. The van der Waals surface area contributed by atoms with Gasteiger partial charge in [-0.2, -0.15) is 0 Å². The van der Waals surface area contributed by atoms with Gasteiger partial charge in [0.1, 0.15) is 11.9 Å². The van der Waals surface area contributed by atoms with Crippen LogP contribution in [0.1, 0.15) is 36.3 Å². The monoisotopic (exact) mass is 492 g/mol. The molecule has 2 aromatic carbocycles. The lowest BCUT2D eigenvalue weighted by molar-refractivity contribution is -0.140. The molecule has 7 nitrogen and oxygen atoms in total. The van der Waals surface area contributed by atoms with Crippen molar-refractivity contribution in [1.29, 1.82) is 0 Å². The Morgan fingerprint density at radius 3 is 2.43 bits per heavy atom. The molecule has 3 aliphatic carbocycles. The van der Waals surface area contributed by atoms with E-state index in [1.807, 2.05) is 24.3 Å². The minimum atomic E-state index is -0.862. The first-order valence-electron chi connectivity index (χ1n) is 12.2. The van der Waals surface area contributed by atoms with Gasteiger partial charge in [0, 0.05) is 30.8 Å². The molecular formula is C27H28N2O5S.